The number of carboxylic acids is 1. The lowest BCUT2D eigenvalue weighted by atomic mass is 9.74. The number of rotatable bonds is 9. The molecule has 1 saturated heterocycles. The van der Waals surface area contributed by atoms with E-state index in [1.807, 2.05) is 13.8 Å². The Morgan fingerprint density at radius 2 is 1.57 bits per heavy atom. The summed E-state index contributed by atoms with van der Waals surface area (Å²) in [5, 5.41) is 34.0. The van der Waals surface area contributed by atoms with Crippen LogP contribution in [0.5, 0.6) is 0 Å². The van der Waals surface area contributed by atoms with E-state index in [1.165, 1.54) is 4.90 Å². The molecule has 0 bridgehead atoms. The number of carbonyl (C=O) groups excluding carboxylic acids is 3. The van der Waals surface area contributed by atoms with Gasteiger partial charge in [-0.2, -0.15) is 0 Å². The number of likely N-dealkylation sites (tertiary alicyclic amines) is 1. The third kappa shape index (κ3) is 11.6. The van der Waals surface area contributed by atoms with Gasteiger partial charge in [0.25, 0.3) is 0 Å². The molecule has 1 aliphatic rings. The van der Waals surface area contributed by atoms with E-state index in [9.17, 15) is 34.3 Å². The van der Waals surface area contributed by atoms with Crippen molar-refractivity contribution in [1.29, 1.82) is 0 Å². The molecule has 1 rings (SSSR count). The van der Waals surface area contributed by atoms with Crippen LogP contribution in [0, 0.1) is 11.8 Å². The third-order valence-electron chi connectivity index (χ3n) is 5.57. The van der Waals surface area contributed by atoms with Gasteiger partial charge in [0.1, 0.15) is 17.2 Å². The van der Waals surface area contributed by atoms with Crippen LogP contribution < -0.4 is 10.6 Å². The van der Waals surface area contributed by atoms with Crippen molar-refractivity contribution in [3.05, 3.63) is 0 Å². The predicted octanol–water partition coefficient (Wildman–Crippen LogP) is 1.99. The first-order valence-electron chi connectivity index (χ1n) is 12.6. The number of piperidine rings is 1. The monoisotopic (exact) mass is 529 g/mol. The first-order valence-corrected chi connectivity index (χ1v) is 12.6. The number of alkyl carbamates (subject to hydrolysis) is 2. The molecule has 0 saturated carbocycles. The fourth-order valence-corrected chi connectivity index (χ4v) is 4.23. The van der Waals surface area contributed by atoms with Crippen molar-refractivity contribution in [1.82, 2.24) is 15.5 Å². The highest BCUT2D eigenvalue weighted by Crippen LogP contribution is 2.31. The van der Waals surface area contributed by atoms with Gasteiger partial charge < -0.3 is 40.2 Å². The van der Waals surface area contributed by atoms with E-state index in [0.29, 0.717) is 0 Å². The summed E-state index contributed by atoms with van der Waals surface area (Å²) in [6.45, 7) is 13.5. The number of amides is 3. The van der Waals surface area contributed by atoms with Crippen LogP contribution in [0.3, 0.4) is 0 Å². The Labute approximate surface area is 219 Å². The van der Waals surface area contributed by atoms with Crippen LogP contribution in [0.25, 0.3) is 0 Å². The highest BCUT2D eigenvalue weighted by atomic mass is 16.6. The van der Waals surface area contributed by atoms with Crippen molar-refractivity contribution in [3.63, 3.8) is 0 Å². The lowest BCUT2D eigenvalue weighted by Crippen LogP contribution is -2.67. The molecule has 212 valence electrons. The summed E-state index contributed by atoms with van der Waals surface area (Å²) < 4.78 is 10.6. The Morgan fingerprint density at radius 3 is 2.03 bits per heavy atom. The fraction of sp³-hybridized carbons (Fsp3) is 0.833. The van der Waals surface area contributed by atoms with Gasteiger partial charge in [-0.15, -0.1) is 0 Å². The SMILES string of the molecule is CC(C)C[C@H](NC(=O)OC(C)(C)C)C(=O)N1C[C@@H](CCB(O)O)C[C@](NC(=O)OC(C)(C)C)(C(=O)O)C1. The zero-order chi connectivity index (χ0) is 28.8. The highest BCUT2D eigenvalue weighted by molar-refractivity contribution is 6.40. The summed E-state index contributed by atoms with van der Waals surface area (Å²) in [5.41, 5.74) is -3.55. The van der Waals surface area contributed by atoms with Crippen molar-refractivity contribution in [2.24, 2.45) is 11.8 Å². The van der Waals surface area contributed by atoms with Crippen LogP contribution in [0.1, 0.15) is 74.7 Å². The second-order valence-electron chi connectivity index (χ2n) is 12.2. The first-order chi connectivity index (χ1) is 16.7. The molecule has 0 aromatic rings. The Kier molecular flexibility index (Phi) is 11.3. The Bertz CT molecular complexity index is 823. The van der Waals surface area contributed by atoms with Gasteiger partial charge in [-0.05, 0) is 72.5 Å². The number of hydrogen-bond donors (Lipinski definition) is 5. The lowest BCUT2D eigenvalue weighted by molar-refractivity contribution is -0.152. The normalized spacial score (nSPS) is 21.2. The molecule has 0 aromatic carbocycles. The third-order valence-corrected chi connectivity index (χ3v) is 5.57. The van der Waals surface area contributed by atoms with Gasteiger partial charge in [-0.3, -0.25) is 4.79 Å². The van der Waals surface area contributed by atoms with Gasteiger partial charge >= 0.3 is 25.3 Å². The summed E-state index contributed by atoms with van der Waals surface area (Å²) >= 11 is 0. The van der Waals surface area contributed by atoms with Crippen molar-refractivity contribution < 1.29 is 43.8 Å². The summed E-state index contributed by atoms with van der Waals surface area (Å²) in [6, 6.07) is -0.995. The summed E-state index contributed by atoms with van der Waals surface area (Å²) in [7, 11) is -1.60. The quantitative estimate of drug-likeness (QED) is 0.280. The average Bonchev–Trinajstić information content (AvgIpc) is 2.67. The zero-order valence-electron chi connectivity index (χ0n) is 23.3. The molecule has 37 heavy (non-hydrogen) atoms. The van der Waals surface area contributed by atoms with E-state index in [2.05, 4.69) is 10.6 Å². The van der Waals surface area contributed by atoms with E-state index in [-0.39, 0.29) is 44.6 Å². The van der Waals surface area contributed by atoms with E-state index in [4.69, 9.17) is 9.47 Å². The fourth-order valence-electron chi connectivity index (χ4n) is 4.23. The molecule has 1 aliphatic heterocycles. The molecule has 0 unspecified atom stereocenters. The minimum absolute atomic E-state index is 0.0122. The van der Waals surface area contributed by atoms with E-state index in [0.717, 1.165) is 0 Å². The number of aliphatic carboxylic acids is 1. The van der Waals surface area contributed by atoms with Crippen LogP contribution in [-0.4, -0.2) is 87.1 Å². The standard InChI is InChI=1S/C24H44BN3O9/c1-15(2)11-17(26-20(32)36-22(3,4)5)18(29)28-13-16(9-10-25(34)35)12-24(14-28,19(30)31)27-21(33)37-23(6,7)8/h15-17,34-35H,9-14H2,1-8H3,(H,26,32)(H,27,33)(H,30,31)/t16-,17-,24+/m0/s1. The van der Waals surface area contributed by atoms with Crippen molar-refractivity contribution >= 4 is 31.2 Å². The number of nitrogens with one attached hydrogen (secondary N) is 2. The largest absolute Gasteiger partial charge is 0.479 e. The van der Waals surface area contributed by atoms with Crippen LogP contribution in [-0.2, 0) is 19.1 Å². The minimum atomic E-state index is -1.88. The lowest BCUT2D eigenvalue weighted by Gasteiger charge is -2.45. The maximum atomic E-state index is 13.7. The molecule has 12 nitrogen and oxygen atoms in total. The average molecular weight is 529 g/mol. The minimum Gasteiger partial charge on any atom is -0.479 e. The number of carbonyl (C=O) groups is 4. The molecule has 1 heterocycles. The van der Waals surface area contributed by atoms with E-state index < -0.39 is 59.9 Å². The molecule has 1 fully saturated rings. The Hall–Kier alpha value is -2.54. The van der Waals surface area contributed by atoms with Gasteiger partial charge in [0.2, 0.25) is 5.91 Å². The molecule has 3 amide bonds. The van der Waals surface area contributed by atoms with Gasteiger partial charge in [-0.1, -0.05) is 20.3 Å². The summed E-state index contributed by atoms with van der Waals surface area (Å²) in [6.07, 6.45) is -1.35. The van der Waals surface area contributed by atoms with Gasteiger partial charge in [0.05, 0.1) is 6.54 Å². The molecule has 0 aliphatic carbocycles. The van der Waals surface area contributed by atoms with Crippen LogP contribution in [0.2, 0.25) is 6.32 Å². The van der Waals surface area contributed by atoms with Crippen molar-refractivity contribution in [3.8, 4) is 0 Å². The van der Waals surface area contributed by atoms with Gasteiger partial charge in [0.15, 0.2) is 5.54 Å². The van der Waals surface area contributed by atoms with Gasteiger partial charge in [0, 0.05) is 6.54 Å². The molecule has 3 atom stereocenters. The smallest absolute Gasteiger partial charge is 0.451 e. The molecular weight excluding hydrogens is 485 g/mol. The van der Waals surface area contributed by atoms with Crippen LogP contribution in [0.4, 0.5) is 9.59 Å². The molecule has 0 radical (unpaired) electrons. The molecule has 13 heteroatoms. The van der Waals surface area contributed by atoms with Crippen molar-refractivity contribution in [2.45, 2.75) is 104 Å². The van der Waals surface area contributed by atoms with Gasteiger partial charge in [-0.25, -0.2) is 14.4 Å². The second-order valence-corrected chi connectivity index (χ2v) is 12.2. The molecule has 5 N–H and O–H groups in total. The Morgan fingerprint density at radius 1 is 1.03 bits per heavy atom. The number of ether oxygens (including phenoxy) is 2. The number of hydrogen-bond acceptors (Lipinski definition) is 8. The molecule has 0 aromatic heterocycles. The zero-order valence-corrected chi connectivity index (χ0v) is 23.3. The van der Waals surface area contributed by atoms with Crippen LogP contribution >= 0.6 is 0 Å². The van der Waals surface area contributed by atoms with E-state index in [1.54, 1.807) is 41.5 Å². The predicted molar refractivity (Wildman–Crippen MR) is 137 cm³/mol. The Balaban J connectivity index is 3.31. The maximum absolute atomic E-state index is 13.7. The van der Waals surface area contributed by atoms with E-state index >= 15 is 0 Å². The maximum Gasteiger partial charge on any atom is 0.451 e. The topological polar surface area (TPSA) is 175 Å². The van der Waals surface area contributed by atoms with Crippen molar-refractivity contribution in [2.75, 3.05) is 13.1 Å². The molecular formula is C24H44BN3O9. The second kappa shape index (κ2) is 12.8. The number of carboxylic acid groups (broad SMARTS) is 1. The molecule has 0 spiro atoms. The summed E-state index contributed by atoms with van der Waals surface area (Å²) in [4.78, 5) is 52.5. The summed E-state index contributed by atoms with van der Waals surface area (Å²) in [5.74, 6) is -2.35. The number of nitrogens with zero attached hydrogens (tertiary/aromatic N) is 1. The van der Waals surface area contributed by atoms with Crippen LogP contribution in [0.15, 0.2) is 0 Å². The highest BCUT2D eigenvalue weighted by Gasteiger charge is 2.49. The first kappa shape index (κ1) is 32.5.